The van der Waals surface area contributed by atoms with Gasteiger partial charge in [0.2, 0.25) is 0 Å². The fourth-order valence-electron chi connectivity index (χ4n) is 1.52. The molecule has 15 heavy (non-hydrogen) atoms. The van der Waals surface area contributed by atoms with E-state index < -0.39 is 0 Å². The lowest BCUT2D eigenvalue weighted by Crippen LogP contribution is -1.88. The van der Waals surface area contributed by atoms with E-state index in [1.807, 2.05) is 54.6 Å². The van der Waals surface area contributed by atoms with Crippen LogP contribution in [0.5, 0.6) is 0 Å². The summed E-state index contributed by atoms with van der Waals surface area (Å²) in [6.45, 7) is 0. The lowest BCUT2D eigenvalue weighted by molar-refractivity contribution is 1.52. The van der Waals surface area contributed by atoms with Gasteiger partial charge in [-0.3, -0.25) is 0 Å². The van der Waals surface area contributed by atoms with Gasteiger partial charge in [-0.15, -0.1) is 0 Å². The zero-order chi connectivity index (χ0) is 10.7. The van der Waals surface area contributed by atoms with E-state index in [9.17, 15) is 0 Å². The molecule has 0 saturated carbocycles. The van der Waals surface area contributed by atoms with E-state index >= 15 is 0 Å². The highest BCUT2D eigenvalue weighted by molar-refractivity contribution is 6.55. The van der Waals surface area contributed by atoms with Crippen molar-refractivity contribution >= 4 is 23.2 Å². The fourth-order valence-corrected chi connectivity index (χ4v) is 1.85. The first-order chi connectivity index (χ1) is 7.29. The summed E-state index contributed by atoms with van der Waals surface area (Å²) in [5, 5.41) is 0. The van der Waals surface area contributed by atoms with Crippen molar-refractivity contribution < 1.29 is 0 Å². The zero-order valence-electron chi connectivity index (χ0n) is 7.95. The summed E-state index contributed by atoms with van der Waals surface area (Å²) in [6.07, 6.45) is 0. The van der Waals surface area contributed by atoms with Crippen molar-refractivity contribution in [1.82, 2.24) is 0 Å². The predicted molar refractivity (Wildman–Crippen MR) is 65.9 cm³/mol. The van der Waals surface area contributed by atoms with Crippen molar-refractivity contribution in [3.63, 3.8) is 0 Å². The molecule has 2 aromatic carbocycles. The molecule has 0 saturated heterocycles. The maximum absolute atomic E-state index is 5.84. The van der Waals surface area contributed by atoms with Gasteiger partial charge in [-0.2, -0.15) is 0 Å². The first-order valence-corrected chi connectivity index (χ1v) is 5.37. The Morgan fingerprint density at radius 3 is 2.00 bits per heavy atom. The third-order valence-corrected chi connectivity index (χ3v) is 2.62. The average molecular weight is 236 g/mol. The van der Waals surface area contributed by atoms with Crippen LogP contribution in [0.4, 0.5) is 0 Å². The Hall–Kier alpha value is -0.980. The normalized spacial score (nSPS) is 10.6. The minimum absolute atomic E-state index is 0.300. The number of rotatable bonds is 2. The molecule has 0 heterocycles. The Morgan fingerprint density at radius 2 is 1.33 bits per heavy atom. The van der Waals surface area contributed by atoms with E-state index in [-0.39, 0.29) is 0 Å². The second-order valence-electron chi connectivity index (χ2n) is 3.17. The maximum Gasteiger partial charge on any atom is 0.180 e. The highest BCUT2D eigenvalue weighted by Gasteiger charge is 2.10. The summed E-state index contributed by atoms with van der Waals surface area (Å²) >= 11 is 11.7. The van der Waals surface area contributed by atoms with Crippen LogP contribution in [0.2, 0.25) is 0 Å². The maximum atomic E-state index is 5.84. The zero-order valence-corrected chi connectivity index (χ0v) is 9.46. The van der Waals surface area contributed by atoms with Gasteiger partial charge in [0.25, 0.3) is 0 Å². The highest BCUT2D eigenvalue weighted by Crippen LogP contribution is 2.32. The van der Waals surface area contributed by atoms with Gasteiger partial charge in [0.05, 0.1) is 0 Å². The molecule has 2 heteroatoms. The van der Waals surface area contributed by atoms with Gasteiger partial charge in [-0.25, -0.2) is 0 Å². The summed E-state index contributed by atoms with van der Waals surface area (Å²) in [5.41, 5.74) is 3.04. The Morgan fingerprint density at radius 1 is 0.733 bits per heavy atom. The van der Waals surface area contributed by atoms with Crippen LogP contribution in [0.25, 0.3) is 11.1 Å². The number of hydrogen-bond acceptors (Lipinski definition) is 0. The van der Waals surface area contributed by atoms with Gasteiger partial charge in [-0.05, 0) is 16.7 Å². The molecule has 0 unspecified atom stereocenters. The molecule has 0 nitrogen and oxygen atoms in total. The van der Waals surface area contributed by atoms with Crippen molar-refractivity contribution in [3.05, 3.63) is 65.0 Å². The van der Waals surface area contributed by atoms with Crippen molar-refractivity contribution in [3.8, 4) is 11.1 Å². The van der Waals surface area contributed by atoms with E-state index in [0.717, 1.165) is 16.7 Å². The molecule has 0 spiro atoms. The molecule has 75 valence electrons. The monoisotopic (exact) mass is 235 g/mol. The molecule has 0 fully saturated rings. The van der Waals surface area contributed by atoms with Gasteiger partial charge >= 0.3 is 0 Å². The molecule has 2 aromatic rings. The fraction of sp³-hybridized carbons (Fsp3) is 0. The van der Waals surface area contributed by atoms with Crippen molar-refractivity contribution in [1.29, 1.82) is 0 Å². The van der Waals surface area contributed by atoms with Gasteiger partial charge < -0.3 is 0 Å². The van der Waals surface area contributed by atoms with Crippen LogP contribution < -0.4 is 0 Å². The Balaban J connectivity index is 2.53. The van der Waals surface area contributed by atoms with Crippen LogP contribution in [0.3, 0.4) is 0 Å². The number of hydrogen-bond donors (Lipinski definition) is 0. The summed E-state index contributed by atoms with van der Waals surface area (Å²) in [5.74, 6) is 0. The third kappa shape index (κ3) is 2.34. The molecule has 0 N–H and O–H groups in total. The topological polar surface area (TPSA) is 0 Å². The molecule has 0 aromatic heterocycles. The largest absolute Gasteiger partial charge is 0.180 e. The number of benzene rings is 2. The standard InChI is InChI=1S/C13H9Cl2/c14-13(15)12-9-5-4-8-11(12)10-6-2-1-3-7-10/h1-9H. The van der Waals surface area contributed by atoms with E-state index in [2.05, 4.69) is 0 Å². The van der Waals surface area contributed by atoms with Crippen LogP contribution >= 0.6 is 23.2 Å². The first kappa shape index (κ1) is 10.5. The quantitative estimate of drug-likeness (QED) is 0.710. The van der Waals surface area contributed by atoms with E-state index in [1.54, 1.807) is 0 Å². The Kier molecular flexibility index (Phi) is 3.30. The lowest BCUT2D eigenvalue weighted by atomic mass is 10.0. The van der Waals surface area contributed by atoms with Crippen LogP contribution in [0, 0.1) is 4.84 Å². The smallest absolute Gasteiger partial charge is 0.0925 e. The average Bonchev–Trinajstić information content (AvgIpc) is 2.30. The van der Waals surface area contributed by atoms with Crippen LogP contribution in [0.15, 0.2) is 54.6 Å². The van der Waals surface area contributed by atoms with Crippen LogP contribution in [-0.2, 0) is 0 Å². The second kappa shape index (κ2) is 4.69. The lowest BCUT2D eigenvalue weighted by Gasteiger charge is -2.08. The van der Waals surface area contributed by atoms with Gasteiger partial charge in [0.1, 0.15) is 0 Å². The van der Waals surface area contributed by atoms with Crippen molar-refractivity contribution in [2.75, 3.05) is 0 Å². The predicted octanol–water partition coefficient (Wildman–Crippen LogP) is 4.67. The van der Waals surface area contributed by atoms with Crippen molar-refractivity contribution in [2.24, 2.45) is 0 Å². The SMILES string of the molecule is Cl[C](Cl)c1ccccc1-c1ccccc1. The molecular formula is C13H9Cl2. The van der Waals surface area contributed by atoms with E-state index in [0.29, 0.717) is 4.84 Å². The second-order valence-corrected chi connectivity index (χ2v) is 4.12. The van der Waals surface area contributed by atoms with Crippen LogP contribution in [-0.4, -0.2) is 0 Å². The number of halogens is 2. The third-order valence-electron chi connectivity index (χ3n) is 2.22. The van der Waals surface area contributed by atoms with Gasteiger partial charge in [0, 0.05) is 0 Å². The Labute approximate surface area is 99.5 Å². The van der Waals surface area contributed by atoms with Gasteiger partial charge in [-0.1, -0.05) is 77.8 Å². The molecule has 0 aliphatic heterocycles. The van der Waals surface area contributed by atoms with Gasteiger partial charge in [0.15, 0.2) is 4.84 Å². The minimum atomic E-state index is 0.300. The summed E-state index contributed by atoms with van der Waals surface area (Å²) < 4.78 is 0. The van der Waals surface area contributed by atoms with E-state index in [4.69, 9.17) is 23.2 Å². The van der Waals surface area contributed by atoms with Crippen LogP contribution in [0.1, 0.15) is 5.56 Å². The molecule has 0 atom stereocenters. The van der Waals surface area contributed by atoms with Crippen molar-refractivity contribution in [2.45, 2.75) is 0 Å². The molecule has 1 radical (unpaired) electrons. The minimum Gasteiger partial charge on any atom is -0.0925 e. The first-order valence-electron chi connectivity index (χ1n) is 4.62. The highest BCUT2D eigenvalue weighted by atomic mass is 35.5. The molecule has 0 aliphatic rings. The molecule has 0 amide bonds. The van der Waals surface area contributed by atoms with E-state index in [1.165, 1.54) is 0 Å². The Bertz CT molecular complexity index is 435. The molecule has 0 bridgehead atoms. The molecular weight excluding hydrogens is 227 g/mol. The molecule has 0 aliphatic carbocycles. The summed E-state index contributed by atoms with van der Waals surface area (Å²) in [7, 11) is 0. The summed E-state index contributed by atoms with van der Waals surface area (Å²) in [4.78, 5) is 0.300. The molecule has 2 rings (SSSR count). The summed E-state index contributed by atoms with van der Waals surface area (Å²) in [6, 6.07) is 17.9.